The van der Waals surface area contributed by atoms with Crippen molar-refractivity contribution in [2.75, 3.05) is 5.32 Å². The van der Waals surface area contributed by atoms with E-state index >= 15 is 0 Å². The van der Waals surface area contributed by atoms with Crippen molar-refractivity contribution >= 4 is 23.4 Å². The fourth-order valence-corrected chi connectivity index (χ4v) is 3.06. The number of nitrogens with one attached hydrogen (secondary N) is 1. The normalized spacial score (nSPS) is 14.5. The molecule has 1 atom stereocenters. The van der Waals surface area contributed by atoms with E-state index in [9.17, 15) is 18.8 Å². The highest BCUT2D eigenvalue weighted by Crippen LogP contribution is 2.27. The Morgan fingerprint density at radius 1 is 1.04 bits per heavy atom. The molecule has 2 aromatic carbocycles. The molecule has 0 aromatic heterocycles. The fraction of sp³-hybridized carbons (Fsp3) is 0.250. The molecule has 0 aliphatic carbocycles. The van der Waals surface area contributed by atoms with Gasteiger partial charge in [-0.2, -0.15) is 0 Å². The Labute approximate surface area is 150 Å². The van der Waals surface area contributed by atoms with Gasteiger partial charge in [0.25, 0.3) is 11.8 Å². The Morgan fingerprint density at radius 2 is 1.65 bits per heavy atom. The average molecular weight is 354 g/mol. The molecule has 2 aromatic rings. The maximum absolute atomic E-state index is 13.4. The monoisotopic (exact) mass is 354 g/mol. The second-order valence-corrected chi connectivity index (χ2v) is 6.67. The van der Waals surface area contributed by atoms with E-state index in [1.54, 1.807) is 30.3 Å². The van der Waals surface area contributed by atoms with E-state index in [1.165, 1.54) is 18.2 Å². The zero-order valence-electron chi connectivity index (χ0n) is 14.5. The Kier molecular flexibility index (Phi) is 4.84. The van der Waals surface area contributed by atoms with Crippen LogP contribution in [0.2, 0.25) is 0 Å². The first-order valence-electron chi connectivity index (χ1n) is 8.42. The molecule has 26 heavy (non-hydrogen) atoms. The number of carbonyl (C=O) groups excluding carboxylic acids is 3. The molecule has 0 saturated heterocycles. The number of halogens is 1. The highest BCUT2D eigenvalue weighted by atomic mass is 19.1. The molecule has 1 N–H and O–H groups in total. The molecular weight excluding hydrogens is 335 g/mol. The maximum atomic E-state index is 13.4. The van der Waals surface area contributed by atoms with Crippen LogP contribution in [0.3, 0.4) is 0 Å². The van der Waals surface area contributed by atoms with Crippen LogP contribution >= 0.6 is 0 Å². The second-order valence-electron chi connectivity index (χ2n) is 6.67. The topological polar surface area (TPSA) is 66.5 Å². The molecule has 0 fully saturated rings. The van der Waals surface area contributed by atoms with Crippen LogP contribution in [-0.4, -0.2) is 28.7 Å². The average Bonchev–Trinajstić information content (AvgIpc) is 2.84. The third-order valence-electron chi connectivity index (χ3n) is 4.23. The van der Waals surface area contributed by atoms with Crippen molar-refractivity contribution in [3.63, 3.8) is 0 Å². The lowest BCUT2D eigenvalue weighted by molar-refractivity contribution is -0.120. The van der Waals surface area contributed by atoms with Gasteiger partial charge in [-0.25, -0.2) is 4.39 Å². The standard InChI is InChI=1S/C20H19FN2O3/c1-12(2)10-17(18(24)22-14-7-5-6-13(21)11-14)23-19(25)15-8-3-4-9-16(15)20(23)26/h3-9,11-12,17H,10H2,1-2H3,(H,22,24). The van der Waals surface area contributed by atoms with Gasteiger partial charge in [0, 0.05) is 5.69 Å². The summed E-state index contributed by atoms with van der Waals surface area (Å²) in [6.45, 7) is 3.81. The van der Waals surface area contributed by atoms with Gasteiger partial charge in [0.1, 0.15) is 11.9 Å². The summed E-state index contributed by atoms with van der Waals surface area (Å²) < 4.78 is 13.4. The molecule has 1 aliphatic rings. The predicted molar refractivity (Wildman–Crippen MR) is 95.2 cm³/mol. The van der Waals surface area contributed by atoms with Crippen molar-refractivity contribution < 1.29 is 18.8 Å². The van der Waals surface area contributed by atoms with E-state index < -0.39 is 29.6 Å². The lowest BCUT2D eigenvalue weighted by atomic mass is 10.0. The molecule has 1 aliphatic heterocycles. The highest BCUT2D eigenvalue weighted by molar-refractivity contribution is 6.23. The molecule has 3 amide bonds. The van der Waals surface area contributed by atoms with Crippen LogP contribution in [0, 0.1) is 11.7 Å². The van der Waals surface area contributed by atoms with Crippen LogP contribution in [-0.2, 0) is 4.79 Å². The lowest BCUT2D eigenvalue weighted by Crippen LogP contribution is -2.47. The Bertz CT molecular complexity index is 844. The van der Waals surface area contributed by atoms with Crippen LogP contribution in [0.1, 0.15) is 41.0 Å². The Balaban J connectivity index is 1.90. The van der Waals surface area contributed by atoms with Gasteiger partial charge in [-0.1, -0.05) is 32.0 Å². The first-order chi connectivity index (χ1) is 12.4. The van der Waals surface area contributed by atoms with Crippen molar-refractivity contribution in [2.24, 2.45) is 5.92 Å². The summed E-state index contributed by atoms with van der Waals surface area (Å²) in [4.78, 5) is 39.2. The molecule has 5 nitrogen and oxygen atoms in total. The van der Waals surface area contributed by atoms with Crippen LogP contribution in [0.5, 0.6) is 0 Å². The van der Waals surface area contributed by atoms with Crippen molar-refractivity contribution in [3.05, 3.63) is 65.5 Å². The molecule has 0 spiro atoms. The molecule has 134 valence electrons. The number of hydrogen-bond donors (Lipinski definition) is 1. The van der Waals surface area contributed by atoms with Crippen molar-refractivity contribution in [3.8, 4) is 0 Å². The van der Waals surface area contributed by atoms with Gasteiger partial charge in [-0.05, 0) is 42.7 Å². The van der Waals surface area contributed by atoms with Gasteiger partial charge in [-0.3, -0.25) is 19.3 Å². The molecule has 0 saturated carbocycles. The van der Waals surface area contributed by atoms with Gasteiger partial charge in [0.2, 0.25) is 5.91 Å². The SMILES string of the molecule is CC(C)CC(C(=O)Nc1cccc(F)c1)N1C(=O)c2ccccc2C1=O. The summed E-state index contributed by atoms with van der Waals surface area (Å²) in [6, 6.07) is 11.0. The first kappa shape index (κ1) is 17.8. The largest absolute Gasteiger partial charge is 0.324 e. The predicted octanol–water partition coefficient (Wildman–Crippen LogP) is 3.48. The van der Waals surface area contributed by atoms with Crippen LogP contribution in [0.15, 0.2) is 48.5 Å². The Morgan fingerprint density at radius 3 is 2.19 bits per heavy atom. The molecule has 3 rings (SSSR count). The number of carbonyl (C=O) groups is 3. The van der Waals surface area contributed by atoms with Crippen LogP contribution in [0.25, 0.3) is 0 Å². The minimum atomic E-state index is -0.967. The van der Waals surface area contributed by atoms with Gasteiger partial charge in [-0.15, -0.1) is 0 Å². The number of nitrogens with zero attached hydrogens (tertiary/aromatic N) is 1. The summed E-state index contributed by atoms with van der Waals surface area (Å²) in [5, 5.41) is 2.61. The highest BCUT2D eigenvalue weighted by Gasteiger charge is 2.42. The third-order valence-corrected chi connectivity index (χ3v) is 4.23. The quantitative estimate of drug-likeness (QED) is 0.836. The number of amides is 3. The molecule has 0 bridgehead atoms. The minimum Gasteiger partial charge on any atom is -0.324 e. The summed E-state index contributed by atoms with van der Waals surface area (Å²) in [6.07, 6.45) is 0.312. The summed E-state index contributed by atoms with van der Waals surface area (Å²) in [5.74, 6) is -1.89. The number of benzene rings is 2. The molecule has 0 radical (unpaired) electrons. The molecule has 1 unspecified atom stereocenters. The van der Waals surface area contributed by atoms with Crippen molar-refractivity contribution in [2.45, 2.75) is 26.3 Å². The summed E-state index contributed by atoms with van der Waals surface area (Å²) >= 11 is 0. The fourth-order valence-electron chi connectivity index (χ4n) is 3.06. The molecule has 6 heteroatoms. The number of anilines is 1. The van der Waals surface area contributed by atoms with E-state index in [0.717, 1.165) is 4.90 Å². The lowest BCUT2D eigenvalue weighted by Gasteiger charge is -2.26. The van der Waals surface area contributed by atoms with Gasteiger partial charge in [0.15, 0.2) is 0 Å². The summed E-state index contributed by atoms with van der Waals surface area (Å²) in [5.41, 5.74) is 0.870. The smallest absolute Gasteiger partial charge is 0.262 e. The van der Waals surface area contributed by atoms with E-state index in [2.05, 4.69) is 5.32 Å². The van der Waals surface area contributed by atoms with E-state index in [-0.39, 0.29) is 11.6 Å². The third kappa shape index (κ3) is 3.35. The number of fused-ring (bicyclic) bond motifs is 1. The Hall–Kier alpha value is -3.02. The first-order valence-corrected chi connectivity index (χ1v) is 8.42. The van der Waals surface area contributed by atoms with Crippen molar-refractivity contribution in [1.82, 2.24) is 4.90 Å². The molecular formula is C20H19FN2O3. The molecule has 1 heterocycles. The zero-order chi connectivity index (χ0) is 18.8. The van der Waals surface area contributed by atoms with E-state index in [1.807, 2.05) is 13.8 Å². The van der Waals surface area contributed by atoms with Crippen LogP contribution in [0.4, 0.5) is 10.1 Å². The zero-order valence-corrected chi connectivity index (χ0v) is 14.5. The van der Waals surface area contributed by atoms with Gasteiger partial charge >= 0.3 is 0 Å². The maximum Gasteiger partial charge on any atom is 0.262 e. The second kappa shape index (κ2) is 7.07. The van der Waals surface area contributed by atoms with Crippen molar-refractivity contribution in [1.29, 1.82) is 0 Å². The minimum absolute atomic E-state index is 0.0718. The van der Waals surface area contributed by atoms with Gasteiger partial charge in [0.05, 0.1) is 11.1 Å². The summed E-state index contributed by atoms with van der Waals surface area (Å²) in [7, 11) is 0. The number of rotatable bonds is 5. The van der Waals surface area contributed by atoms with E-state index in [0.29, 0.717) is 17.5 Å². The van der Waals surface area contributed by atoms with E-state index in [4.69, 9.17) is 0 Å². The van der Waals surface area contributed by atoms with Gasteiger partial charge < -0.3 is 5.32 Å². The number of hydrogen-bond acceptors (Lipinski definition) is 3. The van der Waals surface area contributed by atoms with Crippen LogP contribution < -0.4 is 5.32 Å². The number of imide groups is 1.